The summed E-state index contributed by atoms with van der Waals surface area (Å²) in [4.78, 5) is 11.1. The van der Waals surface area contributed by atoms with E-state index < -0.39 is 6.10 Å². The molecule has 0 aromatic heterocycles. The van der Waals surface area contributed by atoms with Crippen LogP contribution in [0.1, 0.15) is 19.8 Å². The van der Waals surface area contributed by atoms with Crippen molar-refractivity contribution in [1.29, 1.82) is 0 Å². The topological polar surface area (TPSA) is 67.8 Å². The first-order valence-electron chi connectivity index (χ1n) is 6.94. The molecule has 20 heavy (non-hydrogen) atoms. The molecule has 1 rings (SSSR count). The summed E-state index contributed by atoms with van der Waals surface area (Å²) in [5, 5.41) is 12.8. The number of esters is 1. The van der Waals surface area contributed by atoms with Crippen molar-refractivity contribution < 1.29 is 19.4 Å². The number of carbonyl (C=O) groups is 1. The van der Waals surface area contributed by atoms with Gasteiger partial charge in [-0.25, -0.2) is 0 Å². The van der Waals surface area contributed by atoms with E-state index in [-0.39, 0.29) is 12.6 Å². The van der Waals surface area contributed by atoms with Crippen molar-refractivity contribution >= 4 is 5.97 Å². The van der Waals surface area contributed by atoms with E-state index in [4.69, 9.17) is 9.47 Å². The van der Waals surface area contributed by atoms with E-state index >= 15 is 0 Å². The fourth-order valence-electron chi connectivity index (χ4n) is 1.63. The van der Waals surface area contributed by atoms with Crippen LogP contribution in [0.2, 0.25) is 0 Å². The summed E-state index contributed by atoms with van der Waals surface area (Å²) >= 11 is 0. The van der Waals surface area contributed by atoms with Crippen LogP contribution >= 0.6 is 0 Å². The lowest BCUT2D eigenvalue weighted by Gasteiger charge is -2.13. The van der Waals surface area contributed by atoms with Gasteiger partial charge in [-0.1, -0.05) is 18.2 Å². The monoisotopic (exact) mass is 281 g/mol. The fraction of sp³-hybridized carbons (Fsp3) is 0.533. The molecule has 0 saturated heterocycles. The van der Waals surface area contributed by atoms with Gasteiger partial charge in [0, 0.05) is 13.0 Å². The van der Waals surface area contributed by atoms with Crippen LogP contribution in [0, 0.1) is 0 Å². The Hall–Kier alpha value is -1.59. The number of para-hydroxylation sites is 1. The van der Waals surface area contributed by atoms with Crippen molar-refractivity contribution in [3.05, 3.63) is 30.3 Å². The van der Waals surface area contributed by atoms with Gasteiger partial charge < -0.3 is 19.9 Å². The molecular formula is C15H23NO4. The van der Waals surface area contributed by atoms with Gasteiger partial charge in [-0.3, -0.25) is 4.79 Å². The van der Waals surface area contributed by atoms with Crippen LogP contribution in [-0.2, 0) is 9.53 Å². The maximum atomic E-state index is 11.1. The molecule has 0 aliphatic heterocycles. The van der Waals surface area contributed by atoms with E-state index in [0.29, 0.717) is 32.5 Å². The quantitative estimate of drug-likeness (QED) is 0.500. The van der Waals surface area contributed by atoms with Crippen molar-refractivity contribution in [2.75, 3.05) is 26.3 Å². The Kier molecular flexibility index (Phi) is 8.42. The lowest BCUT2D eigenvalue weighted by molar-refractivity contribution is -0.143. The molecule has 2 N–H and O–H groups in total. The first kappa shape index (κ1) is 16.5. The minimum atomic E-state index is -0.571. The predicted molar refractivity (Wildman–Crippen MR) is 76.7 cm³/mol. The molecule has 0 aliphatic rings. The summed E-state index contributed by atoms with van der Waals surface area (Å²) in [6, 6.07) is 9.37. The lowest BCUT2D eigenvalue weighted by atomic mass is 10.3. The van der Waals surface area contributed by atoms with Gasteiger partial charge in [0.15, 0.2) is 0 Å². The highest BCUT2D eigenvalue weighted by molar-refractivity contribution is 5.69. The third-order valence-electron chi connectivity index (χ3n) is 2.61. The molecule has 0 radical (unpaired) electrons. The number of benzene rings is 1. The minimum Gasteiger partial charge on any atom is -0.491 e. The lowest BCUT2D eigenvalue weighted by Crippen LogP contribution is -2.32. The number of nitrogens with one attached hydrogen (secondary N) is 1. The molecule has 0 saturated carbocycles. The zero-order valence-corrected chi connectivity index (χ0v) is 11.9. The molecule has 112 valence electrons. The van der Waals surface area contributed by atoms with Crippen molar-refractivity contribution in [3.63, 3.8) is 0 Å². The van der Waals surface area contributed by atoms with Crippen LogP contribution in [0.25, 0.3) is 0 Å². The molecule has 1 atom stereocenters. The van der Waals surface area contributed by atoms with Crippen LogP contribution in [-0.4, -0.2) is 43.5 Å². The largest absolute Gasteiger partial charge is 0.491 e. The number of carbonyl (C=O) groups excluding carboxylic acids is 1. The Bertz CT molecular complexity index is 369. The maximum absolute atomic E-state index is 11.1. The molecule has 0 bridgehead atoms. The molecule has 5 heteroatoms. The van der Waals surface area contributed by atoms with E-state index in [9.17, 15) is 9.90 Å². The summed E-state index contributed by atoms with van der Waals surface area (Å²) in [5.41, 5.74) is 0. The Morgan fingerprint density at radius 1 is 1.35 bits per heavy atom. The van der Waals surface area contributed by atoms with E-state index in [0.717, 1.165) is 5.75 Å². The van der Waals surface area contributed by atoms with Gasteiger partial charge in [-0.15, -0.1) is 0 Å². The van der Waals surface area contributed by atoms with Gasteiger partial charge in [0.05, 0.1) is 6.61 Å². The summed E-state index contributed by atoms with van der Waals surface area (Å²) in [5.74, 6) is 0.566. The van der Waals surface area contributed by atoms with Gasteiger partial charge in [0.1, 0.15) is 18.5 Å². The normalized spacial score (nSPS) is 11.9. The number of ether oxygens (including phenoxy) is 2. The molecule has 0 heterocycles. The standard InChI is InChI=1S/C15H23NO4/c1-2-19-15(18)9-6-10-16-11-13(17)12-20-14-7-4-3-5-8-14/h3-5,7-8,13,16-17H,2,6,9-12H2,1H3. The fourth-order valence-corrected chi connectivity index (χ4v) is 1.63. The van der Waals surface area contributed by atoms with Crippen LogP contribution in [0.4, 0.5) is 0 Å². The molecule has 1 aromatic carbocycles. The second kappa shape index (κ2) is 10.2. The first-order chi connectivity index (χ1) is 9.72. The molecular weight excluding hydrogens is 258 g/mol. The molecule has 0 fully saturated rings. The average Bonchev–Trinajstić information content (AvgIpc) is 2.46. The minimum absolute atomic E-state index is 0.178. The Labute approximate surface area is 119 Å². The highest BCUT2D eigenvalue weighted by Crippen LogP contribution is 2.08. The van der Waals surface area contributed by atoms with Gasteiger partial charge in [-0.05, 0) is 32.0 Å². The van der Waals surface area contributed by atoms with Crippen LogP contribution in [0.15, 0.2) is 30.3 Å². The van der Waals surface area contributed by atoms with Crippen LogP contribution in [0.3, 0.4) is 0 Å². The number of aliphatic hydroxyl groups excluding tert-OH is 1. The zero-order chi connectivity index (χ0) is 14.6. The summed E-state index contributed by atoms with van der Waals surface area (Å²) in [7, 11) is 0. The van der Waals surface area contributed by atoms with Gasteiger partial charge >= 0.3 is 5.97 Å². The molecule has 5 nitrogen and oxygen atoms in total. The van der Waals surface area contributed by atoms with E-state index in [1.807, 2.05) is 30.3 Å². The van der Waals surface area contributed by atoms with Crippen molar-refractivity contribution in [2.24, 2.45) is 0 Å². The number of rotatable bonds is 10. The highest BCUT2D eigenvalue weighted by Gasteiger charge is 2.05. The second-order valence-electron chi connectivity index (χ2n) is 4.39. The third kappa shape index (κ3) is 7.76. The Morgan fingerprint density at radius 2 is 2.10 bits per heavy atom. The molecule has 0 amide bonds. The predicted octanol–water partition coefficient (Wildman–Crippen LogP) is 1.36. The Morgan fingerprint density at radius 3 is 2.80 bits per heavy atom. The first-order valence-corrected chi connectivity index (χ1v) is 6.94. The maximum Gasteiger partial charge on any atom is 0.305 e. The molecule has 0 aliphatic carbocycles. The summed E-state index contributed by atoms with van der Waals surface area (Å²) < 4.78 is 10.3. The smallest absolute Gasteiger partial charge is 0.305 e. The number of aliphatic hydroxyl groups is 1. The number of hydrogen-bond donors (Lipinski definition) is 2. The van der Waals surface area contributed by atoms with E-state index in [2.05, 4.69) is 5.32 Å². The Balaban J connectivity index is 2.00. The van der Waals surface area contributed by atoms with E-state index in [1.54, 1.807) is 6.92 Å². The summed E-state index contributed by atoms with van der Waals surface area (Å²) in [6.07, 6.45) is 0.528. The van der Waals surface area contributed by atoms with Crippen molar-refractivity contribution in [2.45, 2.75) is 25.9 Å². The molecule has 0 spiro atoms. The average molecular weight is 281 g/mol. The zero-order valence-electron chi connectivity index (χ0n) is 11.9. The number of hydrogen-bond acceptors (Lipinski definition) is 5. The SMILES string of the molecule is CCOC(=O)CCCNCC(O)COc1ccccc1. The third-order valence-corrected chi connectivity index (χ3v) is 2.61. The summed E-state index contributed by atoms with van der Waals surface area (Å²) in [6.45, 7) is 3.56. The molecule has 1 aromatic rings. The van der Waals surface area contributed by atoms with Crippen LogP contribution in [0.5, 0.6) is 5.75 Å². The van der Waals surface area contributed by atoms with Gasteiger partial charge in [0.2, 0.25) is 0 Å². The second-order valence-corrected chi connectivity index (χ2v) is 4.39. The molecule has 1 unspecified atom stereocenters. The highest BCUT2D eigenvalue weighted by atomic mass is 16.5. The van der Waals surface area contributed by atoms with Crippen molar-refractivity contribution in [1.82, 2.24) is 5.32 Å². The van der Waals surface area contributed by atoms with Crippen LogP contribution < -0.4 is 10.1 Å². The van der Waals surface area contributed by atoms with Crippen molar-refractivity contribution in [3.8, 4) is 5.75 Å². The van der Waals surface area contributed by atoms with E-state index in [1.165, 1.54) is 0 Å². The van der Waals surface area contributed by atoms with Gasteiger partial charge in [-0.2, -0.15) is 0 Å². The van der Waals surface area contributed by atoms with Gasteiger partial charge in [0.25, 0.3) is 0 Å².